The van der Waals surface area contributed by atoms with Crippen LogP contribution in [0.15, 0.2) is 24.3 Å². The van der Waals surface area contributed by atoms with E-state index in [1.165, 1.54) is 0 Å². The molecule has 18 heavy (non-hydrogen) atoms. The monoisotopic (exact) mass is 250 g/mol. The Morgan fingerprint density at radius 1 is 1.39 bits per heavy atom. The van der Waals surface area contributed by atoms with Gasteiger partial charge in [-0.1, -0.05) is 19.1 Å². The van der Waals surface area contributed by atoms with Crippen molar-refractivity contribution in [3.63, 3.8) is 0 Å². The lowest BCUT2D eigenvalue weighted by Gasteiger charge is -2.14. The van der Waals surface area contributed by atoms with E-state index >= 15 is 0 Å². The quantitative estimate of drug-likeness (QED) is 0.779. The topological polar surface area (TPSA) is 50.4 Å². The smallest absolute Gasteiger partial charge is 0.253 e. The number of hydrogen-bond acceptors (Lipinski definition) is 3. The highest BCUT2D eigenvalue weighted by Gasteiger charge is 2.11. The van der Waals surface area contributed by atoms with Crippen molar-refractivity contribution in [2.45, 2.75) is 13.8 Å². The number of carbonyl (C=O) groups is 1. The minimum absolute atomic E-state index is 0.0468. The number of carbonyl (C=O) groups excluding carboxylic acids is 1. The van der Waals surface area contributed by atoms with E-state index in [0.29, 0.717) is 24.6 Å². The molecule has 0 aliphatic heterocycles. The lowest BCUT2D eigenvalue weighted by atomic mass is 10.1. The van der Waals surface area contributed by atoms with Crippen molar-refractivity contribution in [2.24, 2.45) is 5.92 Å². The zero-order valence-corrected chi connectivity index (χ0v) is 11.3. The fourth-order valence-electron chi connectivity index (χ4n) is 1.73. The van der Waals surface area contributed by atoms with Crippen LogP contribution in [0, 0.1) is 5.92 Å². The summed E-state index contributed by atoms with van der Waals surface area (Å²) in [6, 6.07) is 7.53. The number of anilines is 1. The van der Waals surface area contributed by atoms with Gasteiger partial charge in [0.2, 0.25) is 0 Å². The van der Waals surface area contributed by atoms with E-state index < -0.39 is 0 Å². The van der Waals surface area contributed by atoms with Crippen LogP contribution in [-0.4, -0.2) is 32.7 Å². The highest BCUT2D eigenvalue weighted by Crippen LogP contribution is 2.14. The maximum absolute atomic E-state index is 12.1. The highest BCUT2D eigenvalue weighted by atomic mass is 16.5. The van der Waals surface area contributed by atoms with Crippen LogP contribution in [-0.2, 0) is 4.74 Å². The van der Waals surface area contributed by atoms with Gasteiger partial charge in [0.1, 0.15) is 0 Å². The van der Waals surface area contributed by atoms with Gasteiger partial charge >= 0.3 is 0 Å². The summed E-state index contributed by atoms with van der Waals surface area (Å²) in [4.78, 5) is 12.1. The summed E-state index contributed by atoms with van der Waals surface area (Å²) < 4.78 is 5.04. The normalized spacial score (nSPS) is 11.9. The number of rotatable bonds is 7. The summed E-state index contributed by atoms with van der Waals surface area (Å²) in [5, 5.41) is 6.11. The molecule has 1 amide bonds. The van der Waals surface area contributed by atoms with E-state index in [1.807, 2.05) is 38.1 Å². The molecule has 0 spiro atoms. The number of benzene rings is 1. The third-order valence-corrected chi connectivity index (χ3v) is 2.60. The van der Waals surface area contributed by atoms with Crippen molar-refractivity contribution >= 4 is 11.6 Å². The second-order valence-electron chi connectivity index (χ2n) is 4.35. The van der Waals surface area contributed by atoms with Gasteiger partial charge in [0.05, 0.1) is 12.2 Å². The van der Waals surface area contributed by atoms with Crippen LogP contribution < -0.4 is 10.6 Å². The summed E-state index contributed by atoms with van der Waals surface area (Å²) in [6.45, 7) is 6.11. The molecule has 100 valence electrons. The minimum atomic E-state index is -0.0468. The molecule has 1 rings (SSSR count). The van der Waals surface area contributed by atoms with Crippen LogP contribution in [0.4, 0.5) is 5.69 Å². The molecule has 0 heterocycles. The number of hydrogen-bond donors (Lipinski definition) is 2. The number of ether oxygens (including phenoxy) is 1. The van der Waals surface area contributed by atoms with Crippen LogP contribution in [0.1, 0.15) is 24.2 Å². The Morgan fingerprint density at radius 2 is 2.11 bits per heavy atom. The zero-order chi connectivity index (χ0) is 13.4. The molecule has 0 fully saturated rings. The van der Waals surface area contributed by atoms with Crippen molar-refractivity contribution in [1.82, 2.24) is 5.32 Å². The molecule has 1 unspecified atom stereocenters. The van der Waals surface area contributed by atoms with Crippen LogP contribution in [0.5, 0.6) is 0 Å². The first-order valence-corrected chi connectivity index (χ1v) is 6.29. The van der Waals surface area contributed by atoms with Crippen LogP contribution in [0.3, 0.4) is 0 Å². The van der Waals surface area contributed by atoms with Gasteiger partial charge in [-0.3, -0.25) is 4.79 Å². The number of nitrogens with one attached hydrogen (secondary N) is 2. The second kappa shape index (κ2) is 7.71. The Hall–Kier alpha value is -1.55. The molecule has 0 aromatic heterocycles. The van der Waals surface area contributed by atoms with E-state index in [1.54, 1.807) is 7.11 Å². The summed E-state index contributed by atoms with van der Waals surface area (Å²) in [5.41, 5.74) is 1.56. The maximum atomic E-state index is 12.1. The fraction of sp³-hybridized carbons (Fsp3) is 0.500. The minimum Gasteiger partial charge on any atom is -0.385 e. The predicted octanol–water partition coefficient (Wildman–Crippen LogP) is 2.13. The van der Waals surface area contributed by atoms with Crippen LogP contribution >= 0.6 is 0 Å². The molecule has 1 aromatic rings. The van der Waals surface area contributed by atoms with Crippen LogP contribution in [0.2, 0.25) is 0 Å². The first-order chi connectivity index (χ1) is 8.69. The molecule has 2 N–H and O–H groups in total. The molecular weight excluding hydrogens is 228 g/mol. The Bertz CT molecular complexity index is 380. The molecular formula is C14H22N2O2. The predicted molar refractivity (Wildman–Crippen MR) is 74.0 cm³/mol. The Morgan fingerprint density at radius 3 is 2.78 bits per heavy atom. The first kappa shape index (κ1) is 14.5. The number of methoxy groups -OCH3 is 1. The van der Waals surface area contributed by atoms with Gasteiger partial charge in [-0.05, 0) is 25.0 Å². The van der Waals surface area contributed by atoms with E-state index in [-0.39, 0.29) is 5.91 Å². The Kier molecular flexibility index (Phi) is 6.22. The molecule has 0 aliphatic carbocycles. The molecule has 0 radical (unpaired) electrons. The van der Waals surface area contributed by atoms with Gasteiger partial charge < -0.3 is 15.4 Å². The van der Waals surface area contributed by atoms with Gasteiger partial charge in [-0.25, -0.2) is 0 Å². The highest BCUT2D eigenvalue weighted by molar-refractivity contribution is 5.99. The van der Waals surface area contributed by atoms with Gasteiger partial charge in [0.15, 0.2) is 0 Å². The first-order valence-electron chi connectivity index (χ1n) is 6.29. The van der Waals surface area contributed by atoms with Crippen molar-refractivity contribution in [3.05, 3.63) is 29.8 Å². The van der Waals surface area contributed by atoms with Crippen LogP contribution in [0.25, 0.3) is 0 Å². The van der Waals surface area contributed by atoms with Crippen molar-refractivity contribution in [1.29, 1.82) is 0 Å². The van der Waals surface area contributed by atoms with E-state index in [9.17, 15) is 4.79 Å². The molecule has 4 nitrogen and oxygen atoms in total. The van der Waals surface area contributed by atoms with E-state index in [0.717, 1.165) is 12.2 Å². The van der Waals surface area contributed by atoms with Gasteiger partial charge in [0.25, 0.3) is 5.91 Å². The Labute approximate surface area is 109 Å². The molecule has 0 saturated carbocycles. The molecule has 4 heteroatoms. The fourth-order valence-corrected chi connectivity index (χ4v) is 1.73. The molecule has 0 bridgehead atoms. The van der Waals surface area contributed by atoms with E-state index in [2.05, 4.69) is 10.6 Å². The SMILES string of the molecule is CCNc1ccccc1C(=O)NCC(C)COC. The van der Waals surface area contributed by atoms with Crippen molar-refractivity contribution in [2.75, 3.05) is 32.1 Å². The summed E-state index contributed by atoms with van der Waals surface area (Å²) >= 11 is 0. The molecule has 1 aromatic carbocycles. The molecule has 1 atom stereocenters. The lowest BCUT2D eigenvalue weighted by molar-refractivity contribution is 0.0935. The van der Waals surface area contributed by atoms with Gasteiger partial charge in [-0.2, -0.15) is 0 Å². The standard InChI is InChI=1S/C14H22N2O2/c1-4-15-13-8-6-5-7-12(13)14(17)16-9-11(2)10-18-3/h5-8,11,15H,4,9-10H2,1-3H3,(H,16,17). The average molecular weight is 250 g/mol. The number of para-hydroxylation sites is 1. The largest absolute Gasteiger partial charge is 0.385 e. The second-order valence-corrected chi connectivity index (χ2v) is 4.35. The third kappa shape index (κ3) is 4.37. The van der Waals surface area contributed by atoms with Gasteiger partial charge in [0, 0.05) is 25.9 Å². The van der Waals surface area contributed by atoms with Crippen molar-refractivity contribution < 1.29 is 9.53 Å². The van der Waals surface area contributed by atoms with Gasteiger partial charge in [-0.15, -0.1) is 0 Å². The summed E-state index contributed by atoms with van der Waals surface area (Å²) in [5.74, 6) is 0.264. The Balaban J connectivity index is 2.60. The third-order valence-electron chi connectivity index (χ3n) is 2.60. The number of amides is 1. The summed E-state index contributed by atoms with van der Waals surface area (Å²) in [7, 11) is 1.67. The lowest BCUT2D eigenvalue weighted by Crippen LogP contribution is -2.30. The maximum Gasteiger partial charge on any atom is 0.253 e. The van der Waals surface area contributed by atoms with Crippen molar-refractivity contribution in [3.8, 4) is 0 Å². The summed E-state index contributed by atoms with van der Waals surface area (Å²) in [6.07, 6.45) is 0. The zero-order valence-electron chi connectivity index (χ0n) is 11.3. The van der Waals surface area contributed by atoms with E-state index in [4.69, 9.17) is 4.74 Å². The molecule has 0 saturated heterocycles. The average Bonchev–Trinajstić information content (AvgIpc) is 2.37. The molecule has 0 aliphatic rings.